The summed E-state index contributed by atoms with van der Waals surface area (Å²) >= 11 is 6.16. The van der Waals surface area contributed by atoms with E-state index in [1.54, 1.807) is 6.33 Å². The number of nitrogens with zero attached hydrogens (tertiary/aromatic N) is 2. The van der Waals surface area contributed by atoms with Gasteiger partial charge in [-0.25, -0.2) is 4.98 Å². The van der Waals surface area contributed by atoms with Gasteiger partial charge in [0.2, 0.25) is 0 Å². The highest BCUT2D eigenvalue weighted by molar-refractivity contribution is 6.31. The summed E-state index contributed by atoms with van der Waals surface area (Å²) in [5.41, 5.74) is 8.95. The lowest BCUT2D eigenvalue weighted by atomic mass is 10.1. The zero-order valence-corrected chi connectivity index (χ0v) is 11.7. The monoisotopic (exact) mass is 263 g/mol. The predicted octanol–water partition coefficient (Wildman–Crippen LogP) is 3.25. The van der Waals surface area contributed by atoms with Crippen LogP contribution >= 0.6 is 11.6 Å². The highest BCUT2D eigenvalue weighted by atomic mass is 35.5. The minimum Gasteiger partial charge on any atom is -0.329 e. The third-order valence-corrected chi connectivity index (χ3v) is 3.16. The Labute approximate surface area is 113 Å². The summed E-state index contributed by atoms with van der Waals surface area (Å²) in [5.74, 6) is 0. The van der Waals surface area contributed by atoms with Gasteiger partial charge in [0.25, 0.3) is 0 Å². The van der Waals surface area contributed by atoms with E-state index in [4.69, 9.17) is 17.3 Å². The van der Waals surface area contributed by atoms with Crippen molar-refractivity contribution in [1.82, 2.24) is 9.55 Å². The van der Waals surface area contributed by atoms with E-state index in [-0.39, 0.29) is 5.54 Å². The SMILES string of the molecule is Cc1ccc(-c2cncn2CC(C)(C)N)cc1Cl. The molecule has 1 heterocycles. The van der Waals surface area contributed by atoms with Crippen LogP contribution in [0.25, 0.3) is 11.3 Å². The molecule has 0 spiro atoms. The predicted molar refractivity (Wildman–Crippen MR) is 75.7 cm³/mol. The van der Waals surface area contributed by atoms with Gasteiger partial charge in [-0.1, -0.05) is 23.7 Å². The second kappa shape index (κ2) is 4.75. The van der Waals surface area contributed by atoms with Crippen molar-refractivity contribution in [3.63, 3.8) is 0 Å². The molecule has 0 radical (unpaired) electrons. The quantitative estimate of drug-likeness (QED) is 0.924. The first kappa shape index (κ1) is 13.1. The Morgan fingerprint density at radius 1 is 1.39 bits per heavy atom. The lowest BCUT2D eigenvalue weighted by Gasteiger charge is -2.20. The molecule has 0 amide bonds. The molecule has 1 aromatic heterocycles. The van der Waals surface area contributed by atoms with Crippen LogP contribution in [-0.4, -0.2) is 15.1 Å². The molecule has 0 aliphatic carbocycles. The fourth-order valence-electron chi connectivity index (χ4n) is 1.88. The number of benzene rings is 1. The third-order valence-electron chi connectivity index (χ3n) is 2.76. The maximum Gasteiger partial charge on any atom is 0.0951 e. The fourth-order valence-corrected chi connectivity index (χ4v) is 2.06. The normalized spacial score (nSPS) is 11.8. The molecular formula is C14H18ClN3. The van der Waals surface area contributed by atoms with Gasteiger partial charge in [-0.15, -0.1) is 0 Å². The van der Waals surface area contributed by atoms with E-state index in [0.717, 1.165) is 21.8 Å². The average molecular weight is 264 g/mol. The number of hydrogen-bond acceptors (Lipinski definition) is 2. The van der Waals surface area contributed by atoms with Crippen molar-refractivity contribution in [1.29, 1.82) is 0 Å². The molecule has 0 aliphatic heterocycles. The van der Waals surface area contributed by atoms with Gasteiger partial charge in [0.05, 0.1) is 18.2 Å². The van der Waals surface area contributed by atoms with Gasteiger partial charge in [0, 0.05) is 22.7 Å². The molecule has 0 saturated heterocycles. The molecule has 3 nitrogen and oxygen atoms in total. The molecule has 2 N–H and O–H groups in total. The topological polar surface area (TPSA) is 43.8 Å². The van der Waals surface area contributed by atoms with E-state index in [1.807, 2.05) is 39.1 Å². The first-order valence-corrected chi connectivity index (χ1v) is 6.30. The largest absolute Gasteiger partial charge is 0.329 e. The van der Waals surface area contributed by atoms with Crippen LogP contribution in [0.5, 0.6) is 0 Å². The Balaban J connectivity index is 2.39. The Morgan fingerprint density at radius 2 is 2.11 bits per heavy atom. The summed E-state index contributed by atoms with van der Waals surface area (Å²) in [6.07, 6.45) is 3.64. The fraction of sp³-hybridized carbons (Fsp3) is 0.357. The minimum atomic E-state index is -0.274. The first-order valence-electron chi connectivity index (χ1n) is 5.92. The molecule has 2 aromatic rings. The number of aromatic nitrogens is 2. The first-order chi connectivity index (χ1) is 8.37. The van der Waals surface area contributed by atoms with Gasteiger partial charge in [0.1, 0.15) is 0 Å². The van der Waals surface area contributed by atoms with Crippen molar-refractivity contribution >= 4 is 11.6 Å². The number of aryl methyl sites for hydroxylation is 1. The molecule has 0 unspecified atom stereocenters. The molecule has 4 heteroatoms. The third kappa shape index (κ3) is 2.92. The van der Waals surface area contributed by atoms with Gasteiger partial charge < -0.3 is 10.3 Å². The second-order valence-electron chi connectivity index (χ2n) is 5.36. The van der Waals surface area contributed by atoms with Crippen molar-refractivity contribution in [2.75, 3.05) is 0 Å². The smallest absolute Gasteiger partial charge is 0.0951 e. The van der Waals surface area contributed by atoms with Crippen LogP contribution in [-0.2, 0) is 6.54 Å². The average Bonchev–Trinajstić information content (AvgIpc) is 2.67. The Morgan fingerprint density at radius 3 is 2.72 bits per heavy atom. The van der Waals surface area contributed by atoms with E-state index in [2.05, 4.69) is 15.6 Å². The highest BCUT2D eigenvalue weighted by Gasteiger charge is 2.14. The van der Waals surface area contributed by atoms with Gasteiger partial charge in [-0.05, 0) is 32.4 Å². The van der Waals surface area contributed by atoms with Crippen molar-refractivity contribution in [2.24, 2.45) is 5.73 Å². The molecule has 2 rings (SSSR count). The maximum atomic E-state index is 6.16. The van der Waals surface area contributed by atoms with Crippen LogP contribution in [0, 0.1) is 6.92 Å². The molecule has 18 heavy (non-hydrogen) atoms. The van der Waals surface area contributed by atoms with E-state index in [0.29, 0.717) is 6.54 Å². The summed E-state index contributed by atoms with van der Waals surface area (Å²) in [4.78, 5) is 4.20. The Bertz CT molecular complexity index is 552. The van der Waals surface area contributed by atoms with Gasteiger partial charge in [0.15, 0.2) is 0 Å². The van der Waals surface area contributed by atoms with Crippen LogP contribution in [0.1, 0.15) is 19.4 Å². The minimum absolute atomic E-state index is 0.274. The van der Waals surface area contributed by atoms with Gasteiger partial charge in [-0.3, -0.25) is 0 Å². The summed E-state index contributed by atoms with van der Waals surface area (Å²) in [6, 6.07) is 6.04. The molecule has 96 valence electrons. The number of nitrogens with two attached hydrogens (primary N) is 1. The number of halogens is 1. The van der Waals surface area contributed by atoms with Crippen molar-refractivity contribution in [2.45, 2.75) is 32.9 Å². The Hall–Kier alpha value is -1.32. The maximum absolute atomic E-state index is 6.16. The number of imidazole rings is 1. The summed E-state index contributed by atoms with van der Waals surface area (Å²) in [7, 11) is 0. The molecule has 1 aromatic carbocycles. The Kier molecular flexibility index (Phi) is 3.46. The van der Waals surface area contributed by atoms with Crippen LogP contribution < -0.4 is 5.73 Å². The molecule has 0 atom stereocenters. The zero-order valence-electron chi connectivity index (χ0n) is 10.9. The van der Waals surface area contributed by atoms with Gasteiger partial charge >= 0.3 is 0 Å². The van der Waals surface area contributed by atoms with Crippen molar-refractivity contribution in [3.8, 4) is 11.3 Å². The molecule has 0 saturated carbocycles. The van der Waals surface area contributed by atoms with E-state index in [1.165, 1.54) is 0 Å². The molecule has 0 fully saturated rings. The molecule has 0 aliphatic rings. The molecular weight excluding hydrogens is 246 g/mol. The van der Waals surface area contributed by atoms with E-state index >= 15 is 0 Å². The summed E-state index contributed by atoms with van der Waals surface area (Å²) in [6.45, 7) is 6.71. The number of rotatable bonds is 3. The van der Waals surface area contributed by atoms with E-state index in [9.17, 15) is 0 Å². The lowest BCUT2D eigenvalue weighted by molar-refractivity contribution is 0.436. The highest BCUT2D eigenvalue weighted by Crippen LogP contribution is 2.25. The van der Waals surface area contributed by atoms with Crippen molar-refractivity contribution in [3.05, 3.63) is 41.3 Å². The zero-order chi connectivity index (χ0) is 13.3. The summed E-state index contributed by atoms with van der Waals surface area (Å²) in [5, 5.41) is 0.771. The van der Waals surface area contributed by atoms with E-state index < -0.39 is 0 Å². The lowest BCUT2D eigenvalue weighted by Crippen LogP contribution is -2.37. The van der Waals surface area contributed by atoms with Crippen LogP contribution in [0.2, 0.25) is 5.02 Å². The standard InChI is InChI=1S/C14H18ClN3/c1-10-4-5-11(6-12(10)15)13-7-17-9-18(13)8-14(2,3)16/h4-7,9H,8,16H2,1-3H3. The number of hydrogen-bond donors (Lipinski definition) is 1. The summed E-state index contributed by atoms with van der Waals surface area (Å²) < 4.78 is 2.06. The van der Waals surface area contributed by atoms with Crippen LogP contribution in [0.4, 0.5) is 0 Å². The molecule has 0 bridgehead atoms. The van der Waals surface area contributed by atoms with Gasteiger partial charge in [-0.2, -0.15) is 0 Å². The van der Waals surface area contributed by atoms with Crippen LogP contribution in [0.15, 0.2) is 30.7 Å². The van der Waals surface area contributed by atoms with Crippen LogP contribution in [0.3, 0.4) is 0 Å². The second-order valence-corrected chi connectivity index (χ2v) is 5.77. The van der Waals surface area contributed by atoms with Crippen molar-refractivity contribution < 1.29 is 0 Å².